The number of benzene rings is 9. The van der Waals surface area contributed by atoms with Crippen molar-refractivity contribution < 1.29 is 0 Å². The van der Waals surface area contributed by atoms with Gasteiger partial charge in [-0.3, -0.25) is 0 Å². The molecule has 0 radical (unpaired) electrons. The molecule has 428 valence electrons. The molecule has 0 spiro atoms. The molecule has 4 heterocycles. The molecule has 0 saturated carbocycles. The van der Waals surface area contributed by atoms with Gasteiger partial charge in [-0.2, -0.15) is 0 Å². The maximum Gasteiger partial charge on any atom is 0.247 e. The summed E-state index contributed by atoms with van der Waals surface area (Å²) in [5, 5.41) is 2.31. The molecule has 0 N–H and O–H groups in total. The molecule has 2 aliphatic rings. The summed E-state index contributed by atoms with van der Waals surface area (Å²) >= 11 is 0. The van der Waals surface area contributed by atoms with Crippen LogP contribution in [0.3, 0.4) is 0 Å². The normalized spacial score (nSPS) is 13.4. The van der Waals surface area contributed by atoms with E-state index >= 15 is 0 Å². The lowest BCUT2D eigenvalue weighted by Gasteiger charge is -2.45. The van der Waals surface area contributed by atoms with Crippen LogP contribution in [0.15, 0.2) is 164 Å². The van der Waals surface area contributed by atoms with E-state index in [0.29, 0.717) is 17.5 Å². The second-order valence-corrected chi connectivity index (χ2v) is 29.4. The lowest BCUT2D eigenvalue weighted by Crippen LogP contribution is -2.66. The average molecular weight is 1120 g/mol. The van der Waals surface area contributed by atoms with E-state index in [4.69, 9.17) is 15.0 Å². The third-order valence-electron chi connectivity index (χ3n) is 18.8. The molecular weight excluding hydrogens is 1040 g/mol. The maximum atomic E-state index is 5.55. The molecule has 0 unspecified atom stereocenters. The van der Waals surface area contributed by atoms with Gasteiger partial charge >= 0.3 is 0 Å². The van der Waals surface area contributed by atoms with Crippen LogP contribution in [0.25, 0.3) is 61.7 Å². The highest BCUT2D eigenvalue weighted by atomic mass is 15.2. The third kappa shape index (κ3) is 9.52. The molecule has 2 aliphatic heterocycles. The zero-order valence-electron chi connectivity index (χ0n) is 54.0. The molecule has 0 aliphatic carbocycles. The van der Waals surface area contributed by atoms with Crippen molar-refractivity contribution in [3.63, 3.8) is 0 Å². The first-order valence-corrected chi connectivity index (χ1v) is 31.1. The summed E-state index contributed by atoms with van der Waals surface area (Å²) in [5.74, 6) is 1.91. The van der Waals surface area contributed by atoms with E-state index in [1.807, 2.05) is 0 Å². The van der Waals surface area contributed by atoms with Crippen LogP contribution in [0.2, 0.25) is 0 Å². The van der Waals surface area contributed by atoms with Gasteiger partial charge in [-0.1, -0.05) is 255 Å². The number of hydrogen-bond donors (Lipinski definition) is 0. The summed E-state index contributed by atoms with van der Waals surface area (Å²) in [6, 6.07) is 62.8. The maximum absolute atomic E-state index is 5.55. The van der Waals surface area contributed by atoms with Crippen LogP contribution in [0.5, 0.6) is 0 Å². The number of rotatable bonds is 6. The minimum absolute atomic E-state index is 0.00755. The van der Waals surface area contributed by atoms with Crippen LogP contribution in [0, 0.1) is 41.5 Å². The average Bonchev–Trinajstić information content (AvgIpc) is 0.900. The van der Waals surface area contributed by atoms with E-state index in [2.05, 4.69) is 298 Å². The monoisotopic (exact) mass is 1120 g/mol. The van der Waals surface area contributed by atoms with Crippen LogP contribution in [0.4, 0.5) is 17.1 Å². The lowest BCUT2D eigenvalue weighted by molar-refractivity contribution is 0.590. The van der Waals surface area contributed by atoms with Crippen molar-refractivity contribution in [2.75, 3.05) is 4.90 Å². The fourth-order valence-corrected chi connectivity index (χ4v) is 14.5. The molecule has 0 saturated heterocycles. The first-order chi connectivity index (χ1) is 40.6. The molecule has 7 heteroatoms. The van der Waals surface area contributed by atoms with Crippen molar-refractivity contribution in [2.45, 2.75) is 146 Å². The molecular formula is C79H81B2N5. The van der Waals surface area contributed by atoms with Gasteiger partial charge in [0.05, 0.1) is 11.0 Å². The number of fused-ring (bicyclic) bond motifs is 7. The zero-order valence-corrected chi connectivity index (χ0v) is 54.0. The first-order valence-electron chi connectivity index (χ1n) is 31.1. The Balaban J connectivity index is 1.17. The van der Waals surface area contributed by atoms with E-state index in [-0.39, 0.29) is 35.1 Å². The fraction of sp³-hybridized carbons (Fsp3) is 0.278. The van der Waals surface area contributed by atoms with E-state index in [9.17, 15) is 0 Å². The predicted molar refractivity (Wildman–Crippen MR) is 371 cm³/mol. The Morgan fingerprint density at radius 2 is 0.756 bits per heavy atom. The molecule has 9 aromatic carbocycles. The smallest absolute Gasteiger partial charge is 0.247 e. The van der Waals surface area contributed by atoms with Gasteiger partial charge in [0.1, 0.15) is 0 Å². The Morgan fingerprint density at radius 1 is 0.360 bits per heavy atom. The summed E-state index contributed by atoms with van der Waals surface area (Å²) in [6.07, 6.45) is 0. The fourth-order valence-electron chi connectivity index (χ4n) is 14.5. The number of aryl methyl sites for hydroxylation is 6. The first kappa shape index (κ1) is 56.8. The number of para-hydroxylation sites is 2. The summed E-state index contributed by atoms with van der Waals surface area (Å²) in [4.78, 5) is 19.1. The second-order valence-electron chi connectivity index (χ2n) is 29.4. The van der Waals surface area contributed by atoms with Crippen LogP contribution >= 0.6 is 0 Å². The van der Waals surface area contributed by atoms with E-state index < -0.39 is 0 Å². The summed E-state index contributed by atoms with van der Waals surface area (Å²) < 4.78 is 2.56. The van der Waals surface area contributed by atoms with Crippen molar-refractivity contribution in [2.24, 2.45) is 0 Å². The largest absolute Gasteiger partial charge is 0.313 e. The summed E-state index contributed by atoms with van der Waals surface area (Å²) in [6.45, 7) is 41.3. The molecule has 5 nitrogen and oxygen atoms in total. The van der Waals surface area contributed by atoms with Crippen molar-refractivity contribution in [1.82, 2.24) is 19.5 Å². The Bertz CT molecular complexity index is 4300. The molecule has 11 aromatic rings. The highest BCUT2D eigenvalue weighted by Gasteiger charge is 2.46. The summed E-state index contributed by atoms with van der Waals surface area (Å²) in [5.41, 5.74) is 30.7. The van der Waals surface area contributed by atoms with Gasteiger partial charge in [-0.15, -0.1) is 0 Å². The van der Waals surface area contributed by atoms with Crippen molar-refractivity contribution >= 4 is 85.1 Å². The molecule has 2 aromatic heterocycles. The number of aromatic nitrogens is 4. The highest BCUT2D eigenvalue weighted by Crippen LogP contribution is 2.44. The minimum Gasteiger partial charge on any atom is -0.313 e. The number of hydrogen-bond acceptors (Lipinski definition) is 4. The van der Waals surface area contributed by atoms with E-state index in [1.165, 1.54) is 111 Å². The standard InChI is InChI=1S/C79H81B2N5/c1-46-38-48(3)69(49(4)39-46)80-62-42-56(78(13,14)15)34-36-67(62)86-68-37-35-57(79(16,17)18)43-63(68)81(70-50(5)40-47(2)41-51(70)6)65-45-58(44-64(80)72(65)86)85-66-25-20-19-22-59(66)60-23-21-24-61(71(60)85)75-83-73(52-26-30-54(31-27-52)76(7,8)9)82-74(84-75)53-28-32-55(33-29-53)77(10,11)12/h19-45H,1-18H3. The van der Waals surface area contributed by atoms with Gasteiger partial charge in [0, 0.05) is 50.2 Å². The van der Waals surface area contributed by atoms with Gasteiger partial charge in [-0.25, -0.2) is 15.0 Å². The minimum atomic E-state index is -0.0929. The number of nitrogens with zero attached hydrogens (tertiary/aromatic N) is 5. The molecule has 0 fully saturated rings. The van der Waals surface area contributed by atoms with Gasteiger partial charge in [0.25, 0.3) is 0 Å². The molecule has 13 rings (SSSR count). The van der Waals surface area contributed by atoms with E-state index in [1.54, 1.807) is 0 Å². The van der Waals surface area contributed by atoms with Crippen LogP contribution in [-0.4, -0.2) is 32.9 Å². The van der Waals surface area contributed by atoms with Crippen molar-refractivity contribution in [3.8, 4) is 39.9 Å². The predicted octanol–water partition coefficient (Wildman–Crippen LogP) is 16.1. The van der Waals surface area contributed by atoms with E-state index in [0.717, 1.165) is 38.8 Å². The topological polar surface area (TPSA) is 46.8 Å². The van der Waals surface area contributed by atoms with Gasteiger partial charge in [-0.05, 0) is 144 Å². The van der Waals surface area contributed by atoms with Gasteiger partial charge < -0.3 is 9.47 Å². The Morgan fingerprint density at radius 3 is 1.19 bits per heavy atom. The van der Waals surface area contributed by atoms with Gasteiger partial charge in [0.2, 0.25) is 13.4 Å². The van der Waals surface area contributed by atoms with Crippen LogP contribution in [0.1, 0.15) is 139 Å². The van der Waals surface area contributed by atoms with Crippen LogP contribution in [-0.2, 0) is 21.7 Å². The third-order valence-corrected chi connectivity index (χ3v) is 18.8. The SMILES string of the molecule is Cc1cc(C)c(B2c3cc(C(C)(C)C)ccc3N3c4ccc(C(C)(C)C)cc4B(c4c(C)cc(C)cc4C)c4cc(-n5c6ccccc6c6cccc(-c7nc(-c8ccc(C(C)(C)C)cc8)nc(-c8ccc(C(C)(C)C)cc8)n7)c65)cc2c43)c(C)c1. The van der Waals surface area contributed by atoms with Crippen molar-refractivity contribution in [1.29, 1.82) is 0 Å². The zero-order chi connectivity index (χ0) is 60.8. The number of anilines is 3. The Labute approximate surface area is 512 Å². The van der Waals surface area contributed by atoms with Gasteiger partial charge in [0.15, 0.2) is 17.5 Å². The molecule has 0 bridgehead atoms. The van der Waals surface area contributed by atoms with Crippen molar-refractivity contribution in [3.05, 3.63) is 219 Å². The lowest BCUT2D eigenvalue weighted by atomic mass is 9.29. The molecule has 0 atom stereocenters. The van der Waals surface area contributed by atoms with Crippen LogP contribution < -0.4 is 37.7 Å². The Hall–Kier alpha value is -8.28. The highest BCUT2D eigenvalue weighted by molar-refractivity contribution is 7.02. The Kier molecular flexibility index (Phi) is 13.3. The molecule has 86 heavy (non-hydrogen) atoms. The summed E-state index contributed by atoms with van der Waals surface area (Å²) in [7, 11) is 0. The molecule has 0 amide bonds. The second kappa shape index (κ2) is 20.2. The quantitative estimate of drug-likeness (QED) is 0.156.